The first kappa shape index (κ1) is 15.0. The summed E-state index contributed by atoms with van der Waals surface area (Å²) in [7, 11) is -3.59. The molecule has 1 aliphatic rings. The van der Waals surface area contributed by atoms with Gasteiger partial charge in [0.25, 0.3) is 10.0 Å². The minimum absolute atomic E-state index is 0.0517. The third-order valence-electron chi connectivity index (χ3n) is 3.95. The molecular formula is C12H19N3O4S. The minimum atomic E-state index is -3.59. The van der Waals surface area contributed by atoms with Crippen molar-refractivity contribution in [1.82, 2.24) is 14.3 Å². The highest BCUT2D eigenvalue weighted by Gasteiger charge is 2.43. The van der Waals surface area contributed by atoms with E-state index in [4.69, 9.17) is 0 Å². The number of carboxylic acid groups (broad SMARTS) is 1. The smallest absolute Gasteiger partial charge is 0.309 e. The molecule has 0 amide bonds. The summed E-state index contributed by atoms with van der Waals surface area (Å²) in [4.78, 5) is 17.8. The van der Waals surface area contributed by atoms with Gasteiger partial charge in [0.2, 0.25) is 0 Å². The number of hydrogen-bond donors (Lipinski definition) is 2. The number of rotatable bonds is 5. The number of sulfonamides is 1. The van der Waals surface area contributed by atoms with Gasteiger partial charge in [-0.25, -0.2) is 13.4 Å². The lowest BCUT2D eigenvalue weighted by Crippen LogP contribution is -2.46. The van der Waals surface area contributed by atoms with Gasteiger partial charge in [0.1, 0.15) is 0 Å². The van der Waals surface area contributed by atoms with Crippen LogP contribution in [0.5, 0.6) is 0 Å². The number of H-pyrrole nitrogens is 1. The van der Waals surface area contributed by atoms with Crippen molar-refractivity contribution in [3.05, 3.63) is 12.5 Å². The Bertz CT molecular complexity index is 560. The second-order valence-electron chi connectivity index (χ2n) is 5.16. The number of carbonyl (C=O) groups is 1. The van der Waals surface area contributed by atoms with Gasteiger partial charge in [-0.1, -0.05) is 13.3 Å². The molecule has 2 N–H and O–H groups in total. The predicted molar refractivity (Wildman–Crippen MR) is 71.6 cm³/mol. The molecule has 2 heterocycles. The zero-order valence-electron chi connectivity index (χ0n) is 11.4. The lowest BCUT2D eigenvalue weighted by molar-refractivity contribution is -0.152. The van der Waals surface area contributed by atoms with Crippen molar-refractivity contribution in [1.29, 1.82) is 0 Å². The van der Waals surface area contributed by atoms with E-state index in [9.17, 15) is 18.3 Å². The van der Waals surface area contributed by atoms with Crippen molar-refractivity contribution in [2.75, 3.05) is 13.1 Å². The van der Waals surface area contributed by atoms with Crippen LogP contribution in [-0.2, 0) is 14.8 Å². The number of hydrogen-bond acceptors (Lipinski definition) is 4. The van der Waals surface area contributed by atoms with E-state index in [1.54, 1.807) is 0 Å². The van der Waals surface area contributed by atoms with Gasteiger partial charge in [0, 0.05) is 13.1 Å². The van der Waals surface area contributed by atoms with E-state index in [1.807, 2.05) is 6.92 Å². The molecule has 2 rings (SSSR count). The van der Waals surface area contributed by atoms with Crippen LogP contribution in [0.4, 0.5) is 0 Å². The van der Waals surface area contributed by atoms with Gasteiger partial charge in [-0.05, 0) is 19.3 Å². The van der Waals surface area contributed by atoms with E-state index in [1.165, 1.54) is 16.8 Å². The van der Waals surface area contributed by atoms with E-state index < -0.39 is 21.4 Å². The van der Waals surface area contributed by atoms with E-state index in [0.717, 1.165) is 6.42 Å². The maximum absolute atomic E-state index is 12.3. The first-order valence-corrected chi connectivity index (χ1v) is 8.08. The highest BCUT2D eigenvalue weighted by molar-refractivity contribution is 7.89. The number of imidazole rings is 1. The Hall–Kier alpha value is -1.41. The van der Waals surface area contributed by atoms with Crippen LogP contribution in [0.2, 0.25) is 0 Å². The standard InChI is InChI=1S/C12H19N3O4S/c1-2-3-12(11(16)17)4-6-15(7-5-12)20(18,19)10-8-13-9-14-10/h8-9H,2-7H2,1H3,(H,13,14)(H,16,17). The molecule has 1 aromatic heterocycles. The summed E-state index contributed by atoms with van der Waals surface area (Å²) in [5.41, 5.74) is -0.783. The number of nitrogens with zero attached hydrogens (tertiary/aromatic N) is 2. The molecule has 1 aliphatic heterocycles. The summed E-state index contributed by atoms with van der Waals surface area (Å²) in [5, 5.41) is 9.46. The van der Waals surface area contributed by atoms with Crippen LogP contribution >= 0.6 is 0 Å². The highest BCUT2D eigenvalue weighted by atomic mass is 32.2. The Kier molecular flexibility index (Phi) is 4.14. The first-order chi connectivity index (χ1) is 9.42. The van der Waals surface area contributed by atoms with Gasteiger partial charge in [0.05, 0.1) is 17.9 Å². The molecule has 1 saturated heterocycles. The molecule has 0 atom stereocenters. The average Bonchev–Trinajstić information content (AvgIpc) is 2.94. The molecule has 8 heteroatoms. The van der Waals surface area contributed by atoms with Gasteiger partial charge in [0.15, 0.2) is 5.03 Å². The average molecular weight is 301 g/mol. The molecule has 0 radical (unpaired) electrons. The number of piperidine rings is 1. The molecule has 0 aromatic carbocycles. The van der Waals surface area contributed by atoms with Crippen molar-refractivity contribution in [3.63, 3.8) is 0 Å². The van der Waals surface area contributed by atoms with E-state index in [2.05, 4.69) is 9.97 Å². The fourth-order valence-electron chi connectivity index (χ4n) is 2.73. The van der Waals surface area contributed by atoms with E-state index in [0.29, 0.717) is 19.3 Å². The van der Waals surface area contributed by atoms with Gasteiger partial charge in [-0.2, -0.15) is 4.31 Å². The summed E-state index contributed by atoms with van der Waals surface area (Å²) in [6.07, 6.45) is 4.64. The van der Waals surface area contributed by atoms with E-state index >= 15 is 0 Å². The zero-order valence-corrected chi connectivity index (χ0v) is 12.2. The Morgan fingerprint density at radius 2 is 2.15 bits per heavy atom. The van der Waals surface area contributed by atoms with Crippen molar-refractivity contribution >= 4 is 16.0 Å². The number of aliphatic carboxylic acids is 1. The molecule has 0 bridgehead atoms. The fourth-order valence-corrected chi connectivity index (χ4v) is 4.06. The predicted octanol–water partition coefficient (Wildman–Crippen LogP) is 1.07. The van der Waals surface area contributed by atoms with Gasteiger partial charge in [-0.15, -0.1) is 0 Å². The van der Waals surface area contributed by atoms with Crippen LogP contribution in [-0.4, -0.2) is 46.9 Å². The number of aromatic nitrogens is 2. The van der Waals surface area contributed by atoms with Crippen molar-refractivity contribution in [3.8, 4) is 0 Å². The van der Waals surface area contributed by atoms with Crippen molar-refractivity contribution < 1.29 is 18.3 Å². The lowest BCUT2D eigenvalue weighted by Gasteiger charge is -2.37. The molecule has 0 saturated carbocycles. The maximum Gasteiger partial charge on any atom is 0.309 e. The van der Waals surface area contributed by atoms with E-state index in [-0.39, 0.29) is 18.1 Å². The molecule has 20 heavy (non-hydrogen) atoms. The minimum Gasteiger partial charge on any atom is -0.481 e. The second-order valence-corrected chi connectivity index (χ2v) is 7.06. The molecule has 0 spiro atoms. The topological polar surface area (TPSA) is 103 Å². The second kappa shape index (κ2) is 5.53. The lowest BCUT2D eigenvalue weighted by atomic mass is 9.75. The van der Waals surface area contributed by atoms with Crippen molar-refractivity contribution in [2.45, 2.75) is 37.6 Å². The Balaban J connectivity index is 2.13. The third-order valence-corrected chi connectivity index (χ3v) is 5.78. The Labute approximate surface area is 118 Å². The molecule has 1 fully saturated rings. The third kappa shape index (κ3) is 2.57. The van der Waals surface area contributed by atoms with Crippen LogP contribution in [0.15, 0.2) is 17.6 Å². The van der Waals surface area contributed by atoms with Gasteiger partial charge in [-0.3, -0.25) is 4.79 Å². The first-order valence-electron chi connectivity index (χ1n) is 6.64. The maximum atomic E-state index is 12.3. The van der Waals surface area contributed by atoms with Gasteiger partial charge < -0.3 is 10.1 Å². The summed E-state index contributed by atoms with van der Waals surface area (Å²) in [5.74, 6) is -0.821. The molecule has 7 nitrogen and oxygen atoms in total. The summed E-state index contributed by atoms with van der Waals surface area (Å²) >= 11 is 0. The number of carboxylic acids is 1. The van der Waals surface area contributed by atoms with Crippen LogP contribution < -0.4 is 0 Å². The molecular weight excluding hydrogens is 282 g/mol. The monoisotopic (exact) mass is 301 g/mol. The Morgan fingerprint density at radius 1 is 1.50 bits per heavy atom. The van der Waals surface area contributed by atoms with Crippen LogP contribution in [0.1, 0.15) is 32.6 Å². The summed E-state index contributed by atoms with van der Waals surface area (Å²) < 4.78 is 25.9. The number of aromatic amines is 1. The normalized spacial score (nSPS) is 19.9. The van der Waals surface area contributed by atoms with Gasteiger partial charge >= 0.3 is 5.97 Å². The largest absolute Gasteiger partial charge is 0.481 e. The zero-order chi connectivity index (χ0) is 14.8. The Morgan fingerprint density at radius 3 is 2.60 bits per heavy atom. The summed E-state index contributed by atoms with van der Waals surface area (Å²) in [6.45, 7) is 2.40. The SMILES string of the molecule is CCCC1(C(=O)O)CCN(S(=O)(=O)c2cnc[nH]2)CC1. The quantitative estimate of drug-likeness (QED) is 0.846. The molecule has 0 aliphatic carbocycles. The summed E-state index contributed by atoms with van der Waals surface area (Å²) in [6, 6.07) is 0. The molecule has 0 unspecified atom stereocenters. The van der Waals surface area contributed by atoms with Crippen LogP contribution in [0.25, 0.3) is 0 Å². The fraction of sp³-hybridized carbons (Fsp3) is 0.667. The van der Waals surface area contributed by atoms with Crippen molar-refractivity contribution in [2.24, 2.45) is 5.41 Å². The van der Waals surface area contributed by atoms with Crippen LogP contribution in [0.3, 0.4) is 0 Å². The number of nitrogens with one attached hydrogen (secondary N) is 1. The van der Waals surface area contributed by atoms with Crippen LogP contribution in [0, 0.1) is 5.41 Å². The molecule has 1 aromatic rings. The molecule has 112 valence electrons. The highest BCUT2D eigenvalue weighted by Crippen LogP contribution is 2.37.